The number of hydrogen-bond donors (Lipinski definition) is 0. The monoisotopic (exact) mass is 129 g/mol. The van der Waals surface area contributed by atoms with Crippen LogP contribution in [0.15, 0.2) is 0 Å². The molecule has 0 saturated carbocycles. The van der Waals surface area contributed by atoms with Crippen molar-refractivity contribution in [3.8, 4) is 0 Å². The maximum absolute atomic E-state index is 9.98. The summed E-state index contributed by atoms with van der Waals surface area (Å²) in [5, 5.41) is 0. The fourth-order valence-corrected chi connectivity index (χ4v) is 0.744. The average molecular weight is 129 g/mol. The molecule has 1 saturated heterocycles. The highest BCUT2D eigenvalue weighted by molar-refractivity contribution is 5.51. The summed E-state index contributed by atoms with van der Waals surface area (Å²) < 4.78 is 4.94. The fraction of sp³-hybridized carbons (Fsp3) is 0.833. The number of hydrogen-bond acceptors (Lipinski definition) is 3. The topological polar surface area (TPSA) is 29.5 Å². The van der Waals surface area contributed by atoms with Gasteiger partial charge in [0.15, 0.2) is 0 Å². The molecule has 52 valence electrons. The summed E-state index contributed by atoms with van der Waals surface area (Å²) in [4.78, 5) is 12.0. The van der Waals surface area contributed by atoms with Gasteiger partial charge in [-0.1, -0.05) is 0 Å². The third kappa shape index (κ3) is 1.50. The van der Waals surface area contributed by atoms with E-state index in [9.17, 15) is 4.79 Å². The molecule has 0 N–H and O–H groups in total. The van der Waals surface area contributed by atoms with Gasteiger partial charge in [0.25, 0.3) is 0 Å². The fourth-order valence-electron chi connectivity index (χ4n) is 0.744. The molecule has 1 rings (SSSR count). The molecule has 1 heterocycles. The molecular weight excluding hydrogens is 118 g/mol. The van der Waals surface area contributed by atoms with Crippen LogP contribution < -0.4 is 0 Å². The van der Waals surface area contributed by atoms with Crippen LogP contribution in [-0.2, 0) is 9.53 Å². The Morgan fingerprint density at radius 1 is 1.78 bits per heavy atom. The molecule has 0 unspecified atom stereocenters. The van der Waals surface area contributed by atoms with E-state index in [0.717, 1.165) is 19.5 Å². The summed E-state index contributed by atoms with van der Waals surface area (Å²) in [5.74, 6) is 0. The zero-order chi connectivity index (χ0) is 6.69. The highest BCUT2D eigenvalue weighted by Crippen LogP contribution is 2.06. The van der Waals surface area contributed by atoms with Crippen molar-refractivity contribution in [1.29, 1.82) is 0 Å². The van der Waals surface area contributed by atoms with Crippen LogP contribution in [-0.4, -0.2) is 44.0 Å². The normalized spacial score (nSPS) is 19.8. The molecule has 0 aromatic carbocycles. The van der Waals surface area contributed by atoms with E-state index in [1.807, 2.05) is 11.9 Å². The van der Waals surface area contributed by atoms with Gasteiger partial charge in [0.2, 0.25) is 0 Å². The third-order valence-electron chi connectivity index (χ3n) is 1.61. The molecule has 0 aliphatic carbocycles. The number of nitrogens with zero attached hydrogens (tertiary/aromatic N) is 1. The Labute approximate surface area is 54.6 Å². The molecule has 0 atom stereocenters. The SMILES string of the molecule is CN(CC=O)C1COC1. The standard InChI is InChI=1S/C6H11NO2/c1-7(2-3-8)6-4-9-5-6/h3,6H,2,4-5H2,1H3. The second-order valence-corrected chi connectivity index (χ2v) is 2.30. The van der Waals surface area contributed by atoms with Crippen LogP contribution in [0.4, 0.5) is 0 Å². The number of carbonyl (C=O) groups excluding carboxylic acids is 1. The van der Waals surface area contributed by atoms with Crippen molar-refractivity contribution in [3.05, 3.63) is 0 Å². The Morgan fingerprint density at radius 2 is 2.44 bits per heavy atom. The quantitative estimate of drug-likeness (QED) is 0.482. The van der Waals surface area contributed by atoms with Crippen molar-refractivity contribution in [2.24, 2.45) is 0 Å². The molecule has 0 spiro atoms. The van der Waals surface area contributed by atoms with Crippen LogP contribution in [0, 0.1) is 0 Å². The van der Waals surface area contributed by atoms with Crippen molar-refractivity contribution in [2.75, 3.05) is 26.8 Å². The molecule has 3 nitrogen and oxygen atoms in total. The first kappa shape index (κ1) is 6.71. The van der Waals surface area contributed by atoms with Crippen LogP contribution in [0.5, 0.6) is 0 Å². The van der Waals surface area contributed by atoms with E-state index in [1.165, 1.54) is 0 Å². The molecule has 0 bridgehead atoms. The van der Waals surface area contributed by atoms with Gasteiger partial charge < -0.3 is 9.53 Å². The van der Waals surface area contributed by atoms with E-state index < -0.39 is 0 Å². The van der Waals surface area contributed by atoms with Gasteiger partial charge in [0.05, 0.1) is 25.8 Å². The zero-order valence-electron chi connectivity index (χ0n) is 5.54. The summed E-state index contributed by atoms with van der Waals surface area (Å²) >= 11 is 0. The summed E-state index contributed by atoms with van der Waals surface area (Å²) in [6, 6.07) is 0.482. The van der Waals surface area contributed by atoms with Crippen molar-refractivity contribution in [2.45, 2.75) is 6.04 Å². The van der Waals surface area contributed by atoms with Gasteiger partial charge in [0, 0.05) is 0 Å². The van der Waals surface area contributed by atoms with E-state index in [-0.39, 0.29) is 0 Å². The second kappa shape index (κ2) is 2.94. The van der Waals surface area contributed by atoms with E-state index in [2.05, 4.69) is 0 Å². The number of carbonyl (C=O) groups is 1. The Bertz CT molecular complexity index is 101. The summed E-state index contributed by atoms with van der Waals surface area (Å²) in [7, 11) is 1.93. The first-order valence-corrected chi connectivity index (χ1v) is 3.06. The number of rotatable bonds is 3. The van der Waals surface area contributed by atoms with Gasteiger partial charge in [-0.15, -0.1) is 0 Å². The number of likely N-dealkylation sites (N-methyl/N-ethyl adjacent to an activating group) is 1. The van der Waals surface area contributed by atoms with E-state index in [4.69, 9.17) is 4.74 Å². The van der Waals surface area contributed by atoms with Crippen LogP contribution in [0.2, 0.25) is 0 Å². The number of ether oxygens (including phenoxy) is 1. The minimum atomic E-state index is 0.482. The predicted molar refractivity (Wildman–Crippen MR) is 33.3 cm³/mol. The van der Waals surface area contributed by atoms with E-state index in [1.54, 1.807) is 0 Å². The lowest BCUT2D eigenvalue weighted by Gasteiger charge is -2.33. The maximum Gasteiger partial charge on any atom is 0.133 e. The lowest BCUT2D eigenvalue weighted by molar-refractivity contribution is -0.112. The molecule has 0 radical (unpaired) electrons. The largest absolute Gasteiger partial charge is 0.378 e. The Kier molecular flexibility index (Phi) is 2.19. The van der Waals surface area contributed by atoms with Gasteiger partial charge in [0.1, 0.15) is 6.29 Å². The van der Waals surface area contributed by atoms with Gasteiger partial charge in [-0.2, -0.15) is 0 Å². The minimum Gasteiger partial charge on any atom is -0.378 e. The molecular formula is C6H11NO2. The lowest BCUT2D eigenvalue weighted by Crippen LogP contribution is -2.47. The molecule has 9 heavy (non-hydrogen) atoms. The molecule has 1 fully saturated rings. The minimum absolute atomic E-state index is 0.482. The second-order valence-electron chi connectivity index (χ2n) is 2.30. The highest BCUT2D eigenvalue weighted by atomic mass is 16.5. The molecule has 1 aliphatic heterocycles. The van der Waals surface area contributed by atoms with Gasteiger partial charge in [-0.05, 0) is 7.05 Å². The van der Waals surface area contributed by atoms with Gasteiger partial charge in [-0.25, -0.2) is 0 Å². The van der Waals surface area contributed by atoms with E-state index >= 15 is 0 Å². The first-order chi connectivity index (χ1) is 4.34. The Morgan fingerprint density at radius 3 is 2.78 bits per heavy atom. The zero-order valence-corrected chi connectivity index (χ0v) is 5.54. The van der Waals surface area contributed by atoms with Crippen molar-refractivity contribution >= 4 is 6.29 Å². The summed E-state index contributed by atoms with van der Waals surface area (Å²) in [6.07, 6.45) is 0.915. The number of aldehydes is 1. The summed E-state index contributed by atoms with van der Waals surface area (Å²) in [5.41, 5.74) is 0. The van der Waals surface area contributed by atoms with Crippen molar-refractivity contribution in [3.63, 3.8) is 0 Å². The highest BCUT2D eigenvalue weighted by Gasteiger charge is 2.21. The van der Waals surface area contributed by atoms with Crippen molar-refractivity contribution in [1.82, 2.24) is 4.90 Å². The molecule has 1 aliphatic rings. The average Bonchev–Trinajstić information content (AvgIpc) is 1.60. The predicted octanol–water partition coefficient (Wildman–Crippen LogP) is -0.484. The molecule has 0 aromatic heterocycles. The molecule has 0 amide bonds. The smallest absolute Gasteiger partial charge is 0.133 e. The molecule has 3 heteroatoms. The Hall–Kier alpha value is -0.410. The van der Waals surface area contributed by atoms with Gasteiger partial charge >= 0.3 is 0 Å². The molecule has 0 aromatic rings. The lowest BCUT2D eigenvalue weighted by atomic mass is 10.2. The van der Waals surface area contributed by atoms with Crippen LogP contribution in [0.25, 0.3) is 0 Å². The van der Waals surface area contributed by atoms with Gasteiger partial charge in [-0.3, -0.25) is 4.90 Å². The van der Waals surface area contributed by atoms with Crippen LogP contribution in [0.3, 0.4) is 0 Å². The van der Waals surface area contributed by atoms with Crippen LogP contribution in [0.1, 0.15) is 0 Å². The third-order valence-corrected chi connectivity index (χ3v) is 1.61. The maximum atomic E-state index is 9.98. The van der Waals surface area contributed by atoms with E-state index in [0.29, 0.717) is 12.6 Å². The first-order valence-electron chi connectivity index (χ1n) is 3.06. The summed E-state index contributed by atoms with van der Waals surface area (Å²) in [6.45, 7) is 2.09. The van der Waals surface area contributed by atoms with Crippen molar-refractivity contribution < 1.29 is 9.53 Å². The van der Waals surface area contributed by atoms with Crippen LogP contribution >= 0.6 is 0 Å². The Balaban J connectivity index is 2.15.